The van der Waals surface area contributed by atoms with Gasteiger partial charge in [-0.3, -0.25) is 0 Å². The normalized spacial score (nSPS) is 20.3. The molecule has 1 aromatic carbocycles. The fourth-order valence-electron chi connectivity index (χ4n) is 2.84. The van der Waals surface area contributed by atoms with Crippen molar-refractivity contribution in [2.24, 2.45) is 5.92 Å². The van der Waals surface area contributed by atoms with Gasteiger partial charge in [-0.2, -0.15) is 4.31 Å². The maximum Gasteiger partial charge on any atom is 0.243 e. The monoisotopic (exact) mass is 362 g/mol. The van der Waals surface area contributed by atoms with Gasteiger partial charge in [-0.25, -0.2) is 12.8 Å². The van der Waals surface area contributed by atoms with Gasteiger partial charge in [0.1, 0.15) is 5.82 Å². The first kappa shape index (κ1) is 18.6. The van der Waals surface area contributed by atoms with E-state index >= 15 is 0 Å². The number of hydrogen-bond acceptors (Lipinski definition) is 3. The topological polar surface area (TPSA) is 49.4 Å². The van der Waals surface area contributed by atoms with Gasteiger partial charge in [-0.15, -0.1) is 12.4 Å². The van der Waals surface area contributed by atoms with Crippen LogP contribution in [0.1, 0.15) is 31.2 Å². The van der Waals surface area contributed by atoms with Crippen LogP contribution in [-0.4, -0.2) is 38.4 Å². The van der Waals surface area contributed by atoms with Crippen LogP contribution < -0.4 is 5.32 Å². The molecular weight excluding hydrogens is 339 g/mol. The Balaban J connectivity index is 0.00000192. The number of hydrogen-bond donors (Lipinski definition) is 1. The Morgan fingerprint density at radius 1 is 1.22 bits per heavy atom. The van der Waals surface area contributed by atoms with Crippen molar-refractivity contribution in [2.45, 2.75) is 43.5 Å². The molecule has 1 saturated carbocycles. The number of halogens is 2. The van der Waals surface area contributed by atoms with E-state index in [1.807, 2.05) is 0 Å². The number of nitrogens with one attached hydrogen (secondary N) is 1. The molecule has 0 radical (unpaired) electrons. The predicted molar refractivity (Wildman–Crippen MR) is 90.9 cm³/mol. The second-order valence-electron chi connectivity index (χ2n) is 6.44. The van der Waals surface area contributed by atoms with Crippen LogP contribution in [0.4, 0.5) is 4.39 Å². The van der Waals surface area contributed by atoms with Gasteiger partial charge in [0.05, 0.1) is 4.90 Å². The summed E-state index contributed by atoms with van der Waals surface area (Å²) in [4.78, 5) is 0.0555. The van der Waals surface area contributed by atoms with Crippen molar-refractivity contribution in [3.8, 4) is 0 Å². The predicted octanol–water partition coefficient (Wildman–Crippen LogP) is 2.71. The van der Waals surface area contributed by atoms with Crippen LogP contribution in [0.2, 0.25) is 0 Å². The summed E-state index contributed by atoms with van der Waals surface area (Å²) in [5.74, 6) is 0.361. The van der Waals surface area contributed by atoms with E-state index in [4.69, 9.17) is 0 Å². The Morgan fingerprint density at radius 3 is 2.43 bits per heavy atom. The van der Waals surface area contributed by atoms with Crippen molar-refractivity contribution in [2.75, 3.05) is 19.6 Å². The van der Waals surface area contributed by atoms with E-state index in [9.17, 15) is 12.8 Å². The fourth-order valence-corrected chi connectivity index (χ4v) is 4.32. The van der Waals surface area contributed by atoms with Crippen molar-refractivity contribution in [3.05, 3.63) is 29.6 Å². The number of nitrogens with zero attached hydrogens (tertiary/aromatic N) is 1. The maximum absolute atomic E-state index is 13.6. The van der Waals surface area contributed by atoms with Crippen molar-refractivity contribution in [3.63, 3.8) is 0 Å². The molecule has 1 N–H and O–H groups in total. The molecule has 1 aliphatic heterocycles. The Morgan fingerprint density at radius 2 is 1.87 bits per heavy atom. The van der Waals surface area contributed by atoms with Crippen molar-refractivity contribution >= 4 is 22.4 Å². The zero-order valence-corrected chi connectivity index (χ0v) is 14.9. The van der Waals surface area contributed by atoms with E-state index in [-0.39, 0.29) is 17.3 Å². The Bertz CT molecular complexity index is 641. The van der Waals surface area contributed by atoms with E-state index in [0.29, 0.717) is 24.7 Å². The SMILES string of the molecule is Cc1ccc(S(=O)(=O)N2CCC(NCC3CC3)CC2)cc1F.Cl. The minimum atomic E-state index is -3.58. The molecule has 1 saturated heterocycles. The highest BCUT2D eigenvalue weighted by atomic mass is 35.5. The Labute approximate surface area is 143 Å². The Hall–Kier alpha value is -0.690. The van der Waals surface area contributed by atoms with E-state index in [1.54, 1.807) is 6.92 Å². The lowest BCUT2D eigenvalue weighted by Gasteiger charge is -2.31. The average molecular weight is 363 g/mol. The van der Waals surface area contributed by atoms with Gasteiger partial charge in [0.2, 0.25) is 10.0 Å². The average Bonchev–Trinajstić information content (AvgIpc) is 3.32. The largest absolute Gasteiger partial charge is 0.314 e. The third kappa shape index (κ3) is 4.44. The third-order valence-electron chi connectivity index (χ3n) is 4.63. The number of aryl methyl sites for hydroxylation is 1. The van der Waals surface area contributed by atoms with Crippen molar-refractivity contribution in [1.29, 1.82) is 0 Å². The summed E-state index contributed by atoms with van der Waals surface area (Å²) in [6.07, 6.45) is 4.28. The molecule has 4 nitrogen and oxygen atoms in total. The molecule has 2 fully saturated rings. The van der Waals surface area contributed by atoms with Crippen LogP contribution in [0.25, 0.3) is 0 Å². The first-order chi connectivity index (χ1) is 10.5. The fraction of sp³-hybridized carbons (Fsp3) is 0.625. The molecule has 0 atom stereocenters. The molecule has 0 bridgehead atoms. The Kier molecular flexibility index (Phi) is 6.05. The van der Waals surface area contributed by atoms with Gasteiger partial charge in [0.25, 0.3) is 0 Å². The smallest absolute Gasteiger partial charge is 0.243 e. The maximum atomic E-state index is 13.6. The molecule has 1 heterocycles. The summed E-state index contributed by atoms with van der Waals surface area (Å²) in [5, 5.41) is 3.53. The summed E-state index contributed by atoms with van der Waals surface area (Å²) in [6.45, 7) is 3.68. The minimum Gasteiger partial charge on any atom is -0.314 e. The van der Waals surface area contributed by atoms with E-state index in [0.717, 1.165) is 31.4 Å². The number of rotatable bonds is 5. The molecule has 1 aromatic rings. The standard InChI is InChI=1S/C16H23FN2O2S.ClH/c1-12-2-5-15(10-16(12)17)22(20,21)19-8-6-14(7-9-19)18-11-13-3-4-13;/h2,5,10,13-14,18H,3-4,6-9,11H2,1H3;1H. The molecule has 0 aromatic heterocycles. The summed E-state index contributed by atoms with van der Waals surface area (Å²) in [5.41, 5.74) is 0.460. The minimum absolute atomic E-state index is 0. The van der Waals surface area contributed by atoms with Gasteiger partial charge >= 0.3 is 0 Å². The zero-order chi connectivity index (χ0) is 15.7. The van der Waals surface area contributed by atoms with E-state index < -0.39 is 15.8 Å². The highest BCUT2D eigenvalue weighted by molar-refractivity contribution is 7.89. The third-order valence-corrected chi connectivity index (χ3v) is 6.52. The van der Waals surface area contributed by atoms with Crippen LogP contribution in [0.5, 0.6) is 0 Å². The van der Waals surface area contributed by atoms with Gasteiger partial charge < -0.3 is 5.32 Å². The van der Waals surface area contributed by atoms with Crippen molar-refractivity contribution < 1.29 is 12.8 Å². The van der Waals surface area contributed by atoms with Gasteiger partial charge in [-0.05, 0) is 62.8 Å². The lowest BCUT2D eigenvalue weighted by Crippen LogP contribution is -2.45. The lowest BCUT2D eigenvalue weighted by atomic mass is 10.1. The first-order valence-electron chi connectivity index (χ1n) is 7.96. The van der Waals surface area contributed by atoms with Gasteiger partial charge in [0.15, 0.2) is 0 Å². The second kappa shape index (κ2) is 7.47. The lowest BCUT2D eigenvalue weighted by molar-refractivity contribution is 0.288. The quantitative estimate of drug-likeness (QED) is 0.876. The van der Waals surface area contributed by atoms with E-state index in [1.165, 1.54) is 29.3 Å². The summed E-state index contributed by atoms with van der Waals surface area (Å²) in [6, 6.07) is 4.54. The van der Waals surface area contributed by atoms with Crippen LogP contribution in [0, 0.1) is 18.7 Å². The first-order valence-corrected chi connectivity index (χ1v) is 9.40. The van der Waals surface area contributed by atoms with Crippen LogP contribution >= 0.6 is 12.4 Å². The number of benzene rings is 1. The second-order valence-corrected chi connectivity index (χ2v) is 8.38. The zero-order valence-electron chi connectivity index (χ0n) is 13.3. The molecule has 1 aliphatic carbocycles. The molecule has 2 aliphatic rings. The van der Waals surface area contributed by atoms with E-state index in [2.05, 4.69) is 5.32 Å². The summed E-state index contributed by atoms with van der Waals surface area (Å²) in [7, 11) is -3.58. The van der Waals surface area contributed by atoms with Gasteiger partial charge in [0, 0.05) is 19.1 Å². The molecule has 23 heavy (non-hydrogen) atoms. The molecule has 130 valence electrons. The summed E-state index contributed by atoms with van der Waals surface area (Å²) >= 11 is 0. The van der Waals surface area contributed by atoms with Crippen LogP contribution in [-0.2, 0) is 10.0 Å². The highest BCUT2D eigenvalue weighted by Gasteiger charge is 2.30. The number of sulfonamides is 1. The van der Waals surface area contributed by atoms with Gasteiger partial charge in [-0.1, -0.05) is 6.07 Å². The molecule has 0 unspecified atom stereocenters. The van der Waals surface area contributed by atoms with Crippen LogP contribution in [0.15, 0.2) is 23.1 Å². The molecule has 3 rings (SSSR count). The van der Waals surface area contributed by atoms with Crippen molar-refractivity contribution in [1.82, 2.24) is 9.62 Å². The molecular formula is C16H24ClFN2O2S. The molecule has 0 amide bonds. The molecule has 7 heteroatoms. The van der Waals surface area contributed by atoms with Crippen LogP contribution in [0.3, 0.4) is 0 Å². The number of piperidine rings is 1. The molecule has 0 spiro atoms. The summed E-state index contributed by atoms with van der Waals surface area (Å²) < 4.78 is 40.3. The highest BCUT2D eigenvalue weighted by Crippen LogP contribution is 2.28.